The van der Waals surface area contributed by atoms with Gasteiger partial charge in [0.15, 0.2) is 5.69 Å². The fourth-order valence-electron chi connectivity index (χ4n) is 1.34. The van der Waals surface area contributed by atoms with Crippen LogP contribution in [0, 0.1) is 0 Å². The van der Waals surface area contributed by atoms with Crippen molar-refractivity contribution in [3.05, 3.63) is 11.9 Å². The van der Waals surface area contributed by atoms with Crippen molar-refractivity contribution < 1.29 is 4.79 Å². The molecule has 0 aliphatic carbocycles. The van der Waals surface area contributed by atoms with E-state index in [9.17, 15) is 4.79 Å². The molecule has 0 spiro atoms. The van der Waals surface area contributed by atoms with E-state index in [1.165, 1.54) is 0 Å². The second-order valence-electron chi connectivity index (χ2n) is 4.49. The highest BCUT2D eigenvalue weighted by Crippen LogP contribution is 1.94. The van der Waals surface area contributed by atoms with Gasteiger partial charge in [-0.15, -0.1) is 5.10 Å². The van der Waals surface area contributed by atoms with Gasteiger partial charge in [-0.25, -0.2) is 0 Å². The molecule has 7 nitrogen and oxygen atoms in total. The lowest BCUT2D eigenvalue weighted by atomic mass is 10.3. The van der Waals surface area contributed by atoms with E-state index in [1.54, 1.807) is 10.9 Å². The molecule has 0 saturated heterocycles. The number of aromatic nitrogens is 3. The Morgan fingerprint density at radius 3 is 2.94 bits per heavy atom. The minimum Gasteiger partial charge on any atom is -0.349 e. The van der Waals surface area contributed by atoms with Crippen LogP contribution in [-0.2, 0) is 6.54 Å². The smallest absolute Gasteiger partial charge is 0.273 e. The molecule has 0 bridgehead atoms. The summed E-state index contributed by atoms with van der Waals surface area (Å²) in [6.45, 7) is 6.66. The maximum Gasteiger partial charge on any atom is 0.273 e. The van der Waals surface area contributed by atoms with Gasteiger partial charge in [0.1, 0.15) is 0 Å². The average molecular weight is 254 g/mol. The third-order valence-corrected chi connectivity index (χ3v) is 2.76. The lowest BCUT2D eigenvalue weighted by Gasteiger charge is -2.20. The molecular weight excluding hydrogens is 232 g/mol. The molecule has 0 fully saturated rings. The molecule has 0 aromatic carbocycles. The molecule has 1 aromatic rings. The van der Waals surface area contributed by atoms with Crippen molar-refractivity contribution >= 4 is 5.91 Å². The largest absolute Gasteiger partial charge is 0.349 e. The summed E-state index contributed by atoms with van der Waals surface area (Å²) < 4.78 is 1.56. The lowest BCUT2D eigenvalue weighted by molar-refractivity contribution is 0.0943. The van der Waals surface area contributed by atoms with Gasteiger partial charge < -0.3 is 16.0 Å². The van der Waals surface area contributed by atoms with Crippen LogP contribution in [0.15, 0.2) is 6.20 Å². The second-order valence-corrected chi connectivity index (χ2v) is 4.49. The SMILES string of the molecule is CC(C)N(C)CCNC(=O)c1cn(CCN)nn1. The van der Waals surface area contributed by atoms with E-state index in [1.807, 2.05) is 7.05 Å². The van der Waals surface area contributed by atoms with Crippen LogP contribution in [-0.4, -0.2) is 58.5 Å². The van der Waals surface area contributed by atoms with Gasteiger partial charge in [0.2, 0.25) is 0 Å². The van der Waals surface area contributed by atoms with Crippen molar-refractivity contribution in [2.24, 2.45) is 5.73 Å². The first-order valence-corrected chi connectivity index (χ1v) is 6.13. The highest BCUT2D eigenvalue weighted by atomic mass is 16.2. The van der Waals surface area contributed by atoms with Gasteiger partial charge >= 0.3 is 0 Å². The van der Waals surface area contributed by atoms with Crippen molar-refractivity contribution in [3.63, 3.8) is 0 Å². The Morgan fingerprint density at radius 1 is 1.61 bits per heavy atom. The number of nitrogens with two attached hydrogens (primary N) is 1. The van der Waals surface area contributed by atoms with Crippen molar-refractivity contribution in [2.75, 3.05) is 26.7 Å². The maximum absolute atomic E-state index is 11.7. The Hall–Kier alpha value is -1.47. The number of likely N-dealkylation sites (N-methyl/N-ethyl adjacent to an activating group) is 1. The van der Waals surface area contributed by atoms with E-state index in [4.69, 9.17) is 5.73 Å². The van der Waals surface area contributed by atoms with E-state index >= 15 is 0 Å². The van der Waals surface area contributed by atoms with Crippen molar-refractivity contribution in [1.29, 1.82) is 0 Å². The summed E-state index contributed by atoms with van der Waals surface area (Å²) in [6.07, 6.45) is 1.61. The zero-order chi connectivity index (χ0) is 13.5. The van der Waals surface area contributed by atoms with Crippen LogP contribution >= 0.6 is 0 Å². The number of nitrogens with zero attached hydrogens (tertiary/aromatic N) is 4. The highest BCUT2D eigenvalue weighted by Gasteiger charge is 2.10. The van der Waals surface area contributed by atoms with Gasteiger partial charge in [-0.3, -0.25) is 9.48 Å². The molecule has 0 unspecified atom stereocenters. The standard InChI is InChI=1S/C11H22N6O/c1-9(2)16(3)7-5-13-11(18)10-8-17(6-4-12)15-14-10/h8-9H,4-7,12H2,1-3H3,(H,13,18). The summed E-state index contributed by atoms with van der Waals surface area (Å²) in [5.41, 5.74) is 5.72. The minimum atomic E-state index is -0.199. The topological polar surface area (TPSA) is 89.1 Å². The molecule has 0 saturated carbocycles. The predicted octanol–water partition coefficient (Wildman–Crippen LogP) is -0.693. The molecule has 102 valence electrons. The average Bonchev–Trinajstić information content (AvgIpc) is 2.77. The van der Waals surface area contributed by atoms with E-state index in [0.29, 0.717) is 31.4 Å². The normalized spacial score (nSPS) is 11.2. The van der Waals surface area contributed by atoms with Gasteiger partial charge in [-0.1, -0.05) is 5.21 Å². The Morgan fingerprint density at radius 2 is 2.33 bits per heavy atom. The van der Waals surface area contributed by atoms with Gasteiger partial charge in [0.25, 0.3) is 5.91 Å². The number of carbonyl (C=O) groups excluding carboxylic acids is 1. The number of rotatable bonds is 7. The molecule has 7 heteroatoms. The quantitative estimate of drug-likeness (QED) is 0.672. The summed E-state index contributed by atoms with van der Waals surface area (Å²) in [6, 6.07) is 0.465. The fourth-order valence-corrected chi connectivity index (χ4v) is 1.34. The zero-order valence-electron chi connectivity index (χ0n) is 11.3. The first kappa shape index (κ1) is 14.6. The number of amides is 1. The number of carbonyl (C=O) groups is 1. The summed E-state index contributed by atoms with van der Waals surface area (Å²) in [5, 5.41) is 10.4. The summed E-state index contributed by atoms with van der Waals surface area (Å²) in [5.74, 6) is -0.199. The molecule has 0 atom stereocenters. The van der Waals surface area contributed by atoms with E-state index < -0.39 is 0 Å². The van der Waals surface area contributed by atoms with Crippen LogP contribution in [0.4, 0.5) is 0 Å². The van der Waals surface area contributed by atoms with Gasteiger partial charge in [-0.05, 0) is 20.9 Å². The molecule has 0 aliphatic heterocycles. The summed E-state index contributed by atoms with van der Waals surface area (Å²) in [7, 11) is 2.02. The first-order valence-electron chi connectivity index (χ1n) is 6.13. The second kappa shape index (κ2) is 7.07. The van der Waals surface area contributed by atoms with Crippen molar-refractivity contribution in [2.45, 2.75) is 26.4 Å². The molecule has 1 heterocycles. The van der Waals surface area contributed by atoms with E-state index in [-0.39, 0.29) is 5.91 Å². The maximum atomic E-state index is 11.7. The van der Waals surface area contributed by atoms with Crippen molar-refractivity contribution in [1.82, 2.24) is 25.2 Å². The van der Waals surface area contributed by atoms with Crippen LogP contribution < -0.4 is 11.1 Å². The minimum absolute atomic E-state index is 0.199. The third kappa shape index (κ3) is 4.42. The highest BCUT2D eigenvalue weighted by molar-refractivity contribution is 5.91. The number of nitrogens with one attached hydrogen (secondary N) is 1. The van der Waals surface area contributed by atoms with Crippen LogP contribution in [0.3, 0.4) is 0 Å². The lowest BCUT2D eigenvalue weighted by Crippen LogP contribution is -2.36. The Balaban J connectivity index is 2.36. The van der Waals surface area contributed by atoms with E-state index in [0.717, 1.165) is 6.54 Å². The molecule has 1 aromatic heterocycles. The molecule has 0 aliphatic rings. The molecule has 1 amide bonds. The predicted molar refractivity (Wildman–Crippen MR) is 69.2 cm³/mol. The monoisotopic (exact) mass is 254 g/mol. The Kier molecular flexibility index (Phi) is 5.73. The van der Waals surface area contributed by atoms with Crippen LogP contribution in [0.1, 0.15) is 24.3 Å². The first-order chi connectivity index (χ1) is 8.54. The Labute approximate surface area is 107 Å². The van der Waals surface area contributed by atoms with Gasteiger partial charge in [0.05, 0.1) is 12.7 Å². The molecule has 3 N–H and O–H groups in total. The summed E-state index contributed by atoms with van der Waals surface area (Å²) >= 11 is 0. The molecule has 18 heavy (non-hydrogen) atoms. The molecule has 1 rings (SSSR count). The molecule has 0 radical (unpaired) electrons. The summed E-state index contributed by atoms with van der Waals surface area (Å²) in [4.78, 5) is 13.9. The van der Waals surface area contributed by atoms with Crippen LogP contribution in [0.5, 0.6) is 0 Å². The Bertz CT molecular complexity index is 375. The van der Waals surface area contributed by atoms with Crippen LogP contribution in [0.2, 0.25) is 0 Å². The van der Waals surface area contributed by atoms with Gasteiger partial charge in [-0.2, -0.15) is 0 Å². The fraction of sp³-hybridized carbons (Fsp3) is 0.727. The van der Waals surface area contributed by atoms with E-state index in [2.05, 4.69) is 34.4 Å². The van der Waals surface area contributed by atoms with Crippen LogP contribution in [0.25, 0.3) is 0 Å². The molecular formula is C11H22N6O. The third-order valence-electron chi connectivity index (χ3n) is 2.76. The van der Waals surface area contributed by atoms with Crippen molar-refractivity contribution in [3.8, 4) is 0 Å². The van der Waals surface area contributed by atoms with Gasteiger partial charge in [0, 0.05) is 25.7 Å². The number of hydrogen-bond acceptors (Lipinski definition) is 5. The number of hydrogen-bond donors (Lipinski definition) is 2. The zero-order valence-corrected chi connectivity index (χ0v) is 11.3.